The molecule has 0 saturated heterocycles. The topological polar surface area (TPSA) is 108 Å². The molecule has 0 aliphatic heterocycles. The number of ether oxygens (including phenoxy) is 2. The monoisotopic (exact) mass is 839 g/mol. The summed E-state index contributed by atoms with van der Waals surface area (Å²) in [5, 5.41) is 0. The number of hydrogen-bond donors (Lipinski definition) is 1. The molecule has 340 valence electrons. The summed E-state index contributed by atoms with van der Waals surface area (Å²) in [6.45, 7) is 3.88. The van der Waals surface area contributed by atoms with Crippen molar-refractivity contribution in [3.63, 3.8) is 0 Å². The zero-order chi connectivity index (χ0) is 42.5. The van der Waals surface area contributed by atoms with Crippen LogP contribution in [-0.4, -0.2) is 43.3 Å². The van der Waals surface area contributed by atoms with Crippen molar-refractivity contribution < 1.29 is 37.6 Å². The van der Waals surface area contributed by atoms with Crippen molar-refractivity contribution in [1.82, 2.24) is 0 Å². The van der Waals surface area contributed by atoms with Gasteiger partial charge in [-0.2, -0.15) is 0 Å². The van der Waals surface area contributed by atoms with E-state index in [0.29, 0.717) is 12.8 Å². The molecule has 0 heterocycles. The lowest BCUT2D eigenvalue weighted by molar-refractivity contribution is -0.161. The van der Waals surface area contributed by atoms with Crippen LogP contribution in [0.25, 0.3) is 0 Å². The highest BCUT2D eigenvalue weighted by atomic mass is 31.2. The smallest absolute Gasteiger partial charge is 0.462 e. The molecule has 0 aromatic rings. The minimum absolute atomic E-state index is 0.227. The van der Waals surface area contributed by atoms with E-state index < -0.39 is 26.5 Å². The molecule has 0 spiro atoms. The Kier molecular flexibility index (Phi) is 43.5. The maximum atomic E-state index is 12.5. The van der Waals surface area contributed by atoms with Gasteiger partial charge < -0.3 is 14.4 Å². The van der Waals surface area contributed by atoms with E-state index in [9.17, 15) is 19.0 Å². The fraction of sp³-hybridized carbons (Fsp3) is 0.837. The second-order valence-electron chi connectivity index (χ2n) is 16.3. The number of phosphoric acid groups is 1. The van der Waals surface area contributed by atoms with Gasteiger partial charge in [0.05, 0.1) is 6.61 Å². The molecule has 0 fully saturated rings. The van der Waals surface area contributed by atoms with Crippen LogP contribution in [0, 0.1) is 0 Å². The molecule has 2 unspecified atom stereocenters. The van der Waals surface area contributed by atoms with Crippen molar-refractivity contribution >= 4 is 19.8 Å². The molecule has 0 aromatic heterocycles. The first-order valence-electron chi connectivity index (χ1n) is 24.2. The normalized spacial score (nSPS) is 13.5. The third-order valence-corrected chi connectivity index (χ3v) is 11.6. The standard InChI is InChI=1S/C49H91O8P/c1-4-6-8-10-12-14-16-18-20-22-24-26-27-29-31-33-35-37-39-41-43-48(50)55-45-47(46-56-58(52,53)54-3)57-49(51)44-42-40-38-36-34-32-30-28-25-23-21-19-17-15-13-11-9-7-5-2/h13,15,19,21,25,28,47H,4-12,14,16-18,20,22-24,26-27,29-46H2,1-3H3,(H,52,53)/b15-13-,21-19-,28-25-. The Morgan fingerprint density at radius 2 is 0.828 bits per heavy atom. The molecule has 0 aliphatic rings. The Labute approximate surface area is 357 Å². The van der Waals surface area contributed by atoms with Gasteiger partial charge in [-0.15, -0.1) is 0 Å². The van der Waals surface area contributed by atoms with E-state index in [-0.39, 0.29) is 19.0 Å². The number of hydrogen-bond acceptors (Lipinski definition) is 7. The molecule has 0 aromatic carbocycles. The van der Waals surface area contributed by atoms with E-state index in [2.05, 4.69) is 54.8 Å². The molecular weight excluding hydrogens is 748 g/mol. The SMILES string of the molecule is CCCCC/C=C\C/C=C\C/C=C\CCCCCCCCC(=O)OC(COC(=O)CCCCCCCCCCCCCCCCCCCCCC)COP(=O)(O)OC. The van der Waals surface area contributed by atoms with Crippen molar-refractivity contribution in [1.29, 1.82) is 0 Å². The Bertz CT molecular complexity index is 1040. The maximum absolute atomic E-state index is 12.5. The van der Waals surface area contributed by atoms with Crippen molar-refractivity contribution in [2.45, 2.75) is 245 Å². The van der Waals surface area contributed by atoms with E-state index in [0.717, 1.165) is 64.9 Å². The van der Waals surface area contributed by atoms with Gasteiger partial charge in [-0.25, -0.2) is 4.57 Å². The average molecular weight is 839 g/mol. The van der Waals surface area contributed by atoms with Crippen molar-refractivity contribution in [2.75, 3.05) is 20.3 Å². The first-order chi connectivity index (χ1) is 28.3. The summed E-state index contributed by atoms with van der Waals surface area (Å²) in [6.07, 6.45) is 53.4. The molecule has 0 amide bonds. The lowest BCUT2D eigenvalue weighted by atomic mass is 10.0. The lowest BCUT2D eigenvalue weighted by Gasteiger charge is -2.19. The number of rotatable bonds is 45. The van der Waals surface area contributed by atoms with Gasteiger partial charge in [0.25, 0.3) is 0 Å². The van der Waals surface area contributed by atoms with Crippen LogP contribution < -0.4 is 0 Å². The van der Waals surface area contributed by atoms with Crippen LogP contribution in [-0.2, 0) is 32.7 Å². The van der Waals surface area contributed by atoms with Crippen LogP contribution in [0.3, 0.4) is 0 Å². The predicted octanol–water partition coefficient (Wildman–Crippen LogP) is 15.6. The lowest BCUT2D eigenvalue weighted by Crippen LogP contribution is -2.29. The number of allylic oxidation sites excluding steroid dienone is 6. The van der Waals surface area contributed by atoms with Gasteiger partial charge in [0.2, 0.25) is 0 Å². The second kappa shape index (κ2) is 44.8. The van der Waals surface area contributed by atoms with Gasteiger partial charge >= 0.3 is 19.8 Å². The Hall–Kier alpha value is -1.73. The Morgan fingerprint density at radius 1 is 0.483 bits per heavy atom. The van der Waals surface area contributed by atoms with E-state index in [1.54, 1.807) is 0 Å². The van der Waals surface area contributed by atoms with Crippen LogP contribution in [0.1, 0.15) is 239 Å². The second-order valence-corrected chi connectivity index (χ2v) is 17.8. The largest absolute Gasteiger partial charge is 0.472 e. The van der Waals surface area contributed by atoms with Crippen molar-refractivity contribution in [3.05, 3.63) is 36.5 Å². The molecule has 0 rings (SSSR count). The molecular formula is C49H91O8P. The summed E-state index contributed by atoms with van der Waals surface area (Å²) in [7, 11) is -3.20. The third-order valence-electron chi connectivity index (χ3n) is 10.6. The summed E-state index contributed by atoms with van der Waals surface area (Å²) in [6, 6.07) is 0. The fourth-order valence-corrected chi connectivity index (χ4v) is 7.36. The highest BCUT2D eigenvalue weighted by Crippen LogP contribution is 2.42. The summed E-state index contributed by atoms with van der Waals surface area (Å²) < 4.78 is 32.1. The van der Waals surface area contributed by atoms with Crippen molar-refractivity contribution in [3.8, 4) is 0 Å². The number of carbonyl (C=O) groups excluding carboxylic acids is 2. The minimum atomic E-state index is -4.27. The first-order valence-corrected chi connectivity index (χ1v) is 25.7. The summed E-state index contributed by atoms with van der Waals surface area (Å²) in [5.41, 5.74) is 0. The number of carbonyl (C=O) groups is 2. The molecule has 8 nitrogen and oxygen atoms in total. The minimum Gasteiger partial charge on any atom is -0.462 e. The molecule has 2 atom stereocenters. The molecule has 0 bridgehead atoms. The van der Waals surface area contributed by atoms with Crippen LogP contribution in [0.4, 0.5) is 0 Å². The summed E-state index contributed by atoms with van der Waals surface area (Å²) >= 11 is 0. The highest BCUT2D eigenvalue weighted by molar-refractivity contribution is 7.47. The zero-order valence-electron chi connectivity index (χ0n) is 38.0. The van der Waals surface area contributed by atoms with Gasteiger partial charge in [-0.1, -0.05) is 211 Å². The number of phosphoric ester groups is 1. The first kappa shape index (κ1) is 56.3. The van der Waals surface area contributed by atoms with Crippen LogP contribution in [0.5, 0.6) is 0 Å². The summed E-state index contributed by atoms with van der Waals surface area (Å²) in [5.74, 6) is -0.808. The zero-order valence-corrected chi connectivity index (χ0v) is 38.9. The van der Waals surface area contributed by atoms with Gasteiger partial charge in [-0.05, 0) is 51.4 Å². The van der Waals surface area contributed by atoms with Crippen LogP contribution in [0.2, 0.25) is 0 Å². The molecule has 9 heteroatoms. The van der Waals surface area contributed by atoms with E-state index in [1.807, 2.05) is 0 Å². The quantitative estimate of drug-likeness (QED) is 0.0279. The van der Waals surface area contributed by atoms with Crippen molar-refractivity contribution in [2.24, 2.45) is 0 Å². The predicted molar refractivity (Wildman–Crippen MR) is 244 cm³/mol. The van der Waals surface area contributed by atoms with Crippen LogP contribution >= 0.6 is 7.82 Å². The van der Waals surface area contributed by atoms with E-state index >= 15 is 0 Å². The number of unbranched alkanes of at least 4 members (excludes halogenated alkanes) is 28. The van der Waals surface area contributed by atoms with Gasteiger partial charge in [-0.3, -0.25) is 18.6 Å². The molecule has 0 radical (unpaired) electrons. The molecule has 0 aliphatic carbocycles. The highest BCUT2D eigenvalue weighted by Gasteiger charge is 2.24. The molecule has 0 saturated carbocycles. The van der Waals surface area contributed by atoms with E-state index in [4.69, 9.17) is 14.0 Å². The average Bonchev–Trinajstić information content (AvgIpc) is 3.21. The summed E-state index contributed by atoms with van der Waals surface area (Å²) in [4.78, 5) is 34.6. The fourth-order valence-electron chi connectivity index (χ4n) is 6.90. The Balaban J connectivity index is 3.93. The maximum Gasteiger partial charge on any atom is 0.472 e. The van der Waals surface area contributed by atoms with Gasteiger partial charge in [0.1, 0.15) is 6.61 Å². The van der Waals surface area contributed by atoms with Gasteiger partial charge in [0.15, 0.2) is 6.10 Å². The molecule has 1 N–H and O–H groups in total. The molecule has 58 heavy (non-hydrogen) atoms. The van der Waals surface area contributed by atoms with Crippen LogP contribution in [0.15, 0.2) is 36.5 Å². The Morgan fingerprint density at radius 3 is 1.26 bits per heavy atom. The third kappa shape index (κ3) is 43.8. The van der Waals surface area contributed by atoms with Gasteiger partial charge in [0, 0.05) is 20.0 Å². The number of esters is 2. The van der Waals surface area contributed by atoms with E-state index in [1.165, 1.54) is 148 Å².